The summed E-state index contributed by atoms with van der Waals surface area (Å²) < 4.78 is 10.6. The number of anilines is 1. The Morgan fingerprint density at radius 1 is 1.32 bits per heavy atom. The van der Waals surface area contributed by atoms with Gasteiger partial charge in [0.15, 0.2) is 0 Å². The summed E-state index contributed by atoms with van der Waals surface area (Å²) in [5, 5.41) is 11.6. The fourth-order valence-corrected chi connectivity index (χ4v) is 1.96. The van der Waals surface area contributed by atoms with Crippen LogP contribution in [0.15, 0.2) is 34.7 Å². The van der Waals surface area contributed by atoms with Crippen LogP contribution in [0.1, 0.15) is 10.4 Å². The Bertz CT molecular complexity index is 555. The van der Waals surface area contributed by atoms with Crippen molar-refractivity contribution in [3.63, 3.8) is 0 Å². The molecule has 0 aliphatic carbocycles. The number of hydrogen-bond donors (Lipinski definition) is 2. The second kappa shape index (κ2) is 5.75. The molecule has 0 atom stereocenters. The highest BCUT2D eigenvalue weighted by molar-refractivity contribution is 9.10. The maximum absolute atomic E-state index is 11.9. The van der Waals surface area contributed by atoms with Crippen molar-refractivity contribution in [1.82, 2.24) is 0 Å². The number of rotatable bonds is 3. The van der Waals surface area contributed by atoms with Gasteiger partial charge in [0, 0.05) is 4.47 Å². The van der Waals surface area contributed by atoms with Gasteiger partial charge in [0.25, 0.3) is 5.91 Å². The van der Waals surface area contributed by atoms with Gasteiger partial charge >= 0.3 is 5.97 Å². The number of aromatic carboxylic acids is 1. The fraction of sp³-hybridized carbons (Fsp3) is 0.167. The van der Waals surface area contributed by atoms with E-state index in [-0.39, 0.29) is 23.6 Å². The smallest absolute Gasteiger partial charge is 0.337 e. The number of halogens is 1. The second-order valence-corrected chi connectivity index (χ2v) is 4.48. The topological polar surface area (TPSA) is 84.9 Å². The van der Waals surface area contributed by atoms with Gasteiger partial charge in [-0.25, -0.2) is 4.79 Å². The zero-order chi connectivity index (χ0) is 13.8. The molecule has 0 bridgehead atoms. The SMILES string of the molecule is O=C(Nc1c(Br)cccc1C(=O)O)C1=COCCO1. The first-order chi connectivity index (χ1) is 9.09. The highest BCUT2D eigenvalue weighted by atomic mass is 79.9. The van der Waals surface area contributed by atoms with E-state index in [1.54, 1.807) is 12.1 Å². The van der Waals surface area contributed by atoms with Gasteiger partial charge in [0.05, 0.1) is 11.3 Å². The van der Waals surface area contributed by atoms with Crippen LogP contribution in [-0.2, 0) is 14.3 Å². The molecule has 0 radical (unpaired) electrons. The summed E-state index contributed by atoms with van der Waals surface area (Å²) in [6.45, 7) is 0.660. The van der Waals surface area contributed by atoms with E-state index in [1.165, 1.54) is 12.3 Å². The second-order valence-electron chi connectivity index (χ2n) is 3.62. The summed E-state index contributed by atoms with van der Waals surface area (Å²) in [4.78, 5) is 23.0. The molecule has 0 unspecified atom stereocenters. The Balaban J connectivity index is 2.25. The molecule has 0 spiro atoms. The number of amides is 1. The lowest BCUT2D eigenvalue weighted by molar-refractivity contribution is -0.117. The molecule has 7 heteroatoms. The van der Waals surface area contributed by atoms with Gasteiger partial charge < -0.3 is 19.9 Å². The summed E-state index contributed by atoms with van der Waals surface area (Å²) in [6.07, 6.45) is 1.20. The van der Waals surface area contributed by atoms with E-state index in [1.807, 2.05) is 0 Å². The Kier molecular flexibility index (Phi) is 4.06. The fourth-order valence-electron chi connectivity index (χ4n) is 1.49. The number of carboxylic acids is 1. The molecule has 1 amide bonds. The van der Waals surface area contributed by atoms with Crippen molar-refractivity contribution in [2.24, 2.45) is 0 Å². The average Bonchev–Trinajstić information content (AvgIpc) is 2.41. The predicted octanol–water partition coefficient (Wildman–Crippen LogP) is 1.97. The number of nitrogens with one attached hydrogen (secondary N) is 1. The van der Waals surface area contributed by atoms with Crippen molar-refractivity contribution in [2.75, 3.05) is 18.5 Å². The molecule has 2 rings (SSSR count). The molecule has 1 aromatic carbocycles. The standard InChI is InChI=1S/C12H10BrNO5/c13-8-3-1-2-7(12(16)17)10(8)14-11(15)9-6-18-4-5-19-9/h1-3,6H,4-5H2,(H,14,15)(H,16,17). The lowest BCUT2D eigenvalue weighted by atomic mass is 10.2. The van der Waals surface area contributed by atoms with Crippen LogP contribution in [-0.4, -0.2) is 30.2 Å². The molecule has 0 saturated heterocycles. The zero-order valence-electron chi connectivity index (χ0n) is 9.68. The van der Waals surface area contributed by atoms with E-state index in [0.717, 1.165) is 0 Å². The minimum Gasteiger partial charge on any atom is -0.494 e. The Hall–Kier alpha value is -2.02. The molecule has 1 aromatic rings. The molecule has 6 nitrogen and oxygen atoms in total. The normalized spacial score (nSPS) is 13.8. The van der Waals surface area contributed by atoms with Crippen LogP contribution >= 0.6 is 15.9 Å². The lowest BCUT2D eigenvalue weighted by Gasteiger charge is -2.16. The van der Waals surface area contributed by atoms with Gasteiger partial charge in [-0.2, -0.15) is 0 Å². The van der Waals surface area contributed by atoms with Crippen molar-refractivity contribution < 1.29 is 24.2 Å². The van der Waals surface area contributed by atoms with E-state index >= 15 is 0 Å². The van der Waals surface area contributed by atoms with Crippen LogP contribution in [0.4, 0.5) is 5.69 Å². The summed E-state index contributed by atoms with van der Waals surface area (Å²) >= 11 is 3.20. The van der Waals surface area contributed by atoms with Gasteiger partial charge in [-0.05, 0) is 28.1 Å². The van der Waals surface area contributed by atoms with Crippen LogP contribution in [0.3, 0.4) is 0 Å². The first-order valence-electron chi connectivity index (χ1n) is 5.37. The van der Waals surface area contributed by atoms with Crippen molar-refractivity contribution in [3.8, 4) is 0 Å². The largest absolute Gasteiger partial charge is 0.494 e. The lowest BCUT2D eigenvalue weighted by Crippen LogP contribution is -2.22. The number of carbonyl (C=O) groups excluding carboxylic acids is 1. The third kappa shape index (κ3) is 3.05. The molecule has 0 saturated carbocycles. The molecule has 1 aliphatic rings. The maximum Gasteiger partial charge on any atom is 0.337 e. The minimum atomic E-state index is -1.13. The number of carbonyl (C=O) groups is 2. The summed E-state index contributed by atoms with van der Waals surface area (Å²) in [5.41, 5.74) is 0.162. The highest BCUT2D eigenvalue weighted by Gasteiger charge is 2.20. The van der Waals surface area contributed by atoms with Crippen molar-refractivity contribution in [2.45, 2.75) is 0 Å². The van der Waals surface area contributed by atoms with Crippen LogP contribution in [0, 0.1) is 0 Å². The van der Waals surface area contributed by atoms with E-state index in [2.05, 4.69) is 21.2 Å². The Morgan fingerprint density at radius 2 is 2.11 bits per heavy atom. The first-order valence-corrected chi connectivity index (χ1v) is 6.16. The van der Waals surface area contributed by atoms with Crippen LogP contribution < -0.4 is 5.32 Å². The molecule has 19 heavy (non-hydrogen) atoms. The molecule has 1 heterocycles. The van der Waals surface area contributed by atoms with Gasteiger partial charge in [-0.3, -0.25) is 4.79 Å². The number of para-hydroxylation sites is 1. The maximum atomic E-state index is 11.9. The summed E-state index contributed by atoms with van der Waals surface area (Å²) in [5.74, 6) is -1.68. The molecular weight excluding hydrogens is 318 g/mol. The number of ether oxygens (including phenoxy) is 2. The van der Waals surface area contributed by atoms with E-state index < -0.39 is 11.9 Å². The monoisotopic (exact) mass is 327 g/mol. The van der Waals surface area contributed by atoms with E-state index in [0.29, 0.717) is 11.1 Å². The van der Waals surface area contributed by atoms with Crippen molar-refractivity contribution >= 4 is 33.5 Å². The van der Waals surface area contributed by atoms with Crippen molar-refractivity contribution in [3.05, 3.63) is 40.3 Å². The van der Waals surface area contributed by atoms with Crippen LogP contribution in [0.25, 0.3) is 0 Å². The molecule has 0 fully saturated rings. The molecule has 1 aliphatic heterocycles. The number of benzene rings is 1. The summed E-state index contributed by atoms with van der Waals surface area (Å²) in [6, 6.07) is 4.60. The Morgan fingerprint density at radius 3 is 2.74 bits per heavy atom. The third-order valence-electron chi connectivity index (χ3n) is 2.36. The van der Waals surface area contributed by atoms with Gasteiger partial charge in [0.2, 0.25) is 5.76 Å². The van der Waals surface area contributed by atoms with Crippen LogP contribution in [0.5, 0.6) is 0 Å². The molecule has 100 valence electrons. The van der Waals surface area contributed by atoms with Crippen molar-refractivity contribution in [1.29, 1.82) is 0 Å². The zero-order valence-corrected chi connectivity index (χ0v) is 11.3. The van der Waals surface area contributed by atoms with E-state index in [4.69, 9.17) is 14.6 Å². The molecular formula is C12H10BrNO5. The molecule has 2 N–H and O–H groups in total. The van der Waals surface area contributed by atoms with Gasteiger partial charge in [-0.1, -0.05) is 6.07 Å². The summed E-state index contributed by atoms with van der Waals surface area (Å²) in [7, 11) is 0. The van der Waals surface area contributed by atoms with Crippen LogP contribution in [0.2, 0.25) is 0 Å². The first kappa shape index (κ1) is 13.4. The number of carboxylic acid groups (broad SMARTS) is 1. The Labute approximate surface area is 117 Å². The predicted molar refractivity (Wildman–Crippen MR) is 69.7 cm³/mol. The van der Waals surface area contributed by atoms with Gasteiger partial charge in [-0.15, -0.1) is 0 Å². The third-order valence-corrected chi connectivity index (χ3v) is 3.02. The molecule has 0 aromatic heterocycles. The minimum absolute atomic E-state index is 0.0124. The quantitative estimate of drug-likeness (QED) is 0.886. The average molecular weight is 328 g/mol. The van der Waals surface area contributed by atoms with E-state index in [9.17, 15) is 9.59 Å². The number of hydrogen-bond acceptors (Lipinski definition) is 4. The highest BCUT2D eigenvalue weighted by Crippen LogP contribution is 2.27. The van der Waals surface area contributed by atoms with Gasteiger partial charge in [0.1, 0.15) is 19.5 Å².